The molecule has 2 rings (SSSR count). The van der Waals surface area contributed by atoms with E-state index in [1.807, 2.05) is 0 Å². The smallest absolute Gasteiger partial charge is 0.265 e. The Morgan fingerprint density at radius 1 is 1.19 bits per heavy atom. The molecular weight excluding hydrogens is 316 g/mol. The van der Waals surface area contributed by atoms with E-state index in [4.69, 9.17) is 5.73 Å². The molecule has 0 aliphatic rings. The van der Waals surface area contributed by atoms with Crippen molar-refractivity contribution in [2.45, 2.75) is 9.79 Å². The molecule has 0 aliphatic heterocycles. The van der Waals surface area contributed by atoms with Crippen molar-refractivity contribution >= 4 is 31.4 Å². The quantitative estimate of drug-likeness (QED) is 0.772. The van der Waals surface area contributed by atoms with Crippen LogP contribution in [0.3, 0.4) is 0 Å². The number of nitrogen functional groups attached to an aromatic ring is 1. The molecule has 0 unspecified atom stereocenters. The minimum absolute atomic E-state index is 0.0444. The number of hydrogen-bond donors (Lipinski definition) is 2. The number of benzene rings is 1. The molecule has 0 saturated carbocycles. The van der Waals surface area contributed by atoms with E-state index in [2.05, 4.69) is 9.82 Å². The highest BCUT2D eigenvalue weighted by molar-refractivity contribution is 7.93. The Morgan fingerprint density at radius 3 is 2.38 bits per heavy atom. The van der Waals surface area contributed by atoms with Crippen LogP contribution in [0.15, 0.2) is 40.3 Å². The fourth-order valence-corrected chi connectivity index (χ4v) is 3.61. The summed E-state index contributed by atoms with van der Waals surface area (Å²) in [5.74, 6) is 0.235. The van der Waals surface area contributed by atoms with Gasteiger partial charge in [0.25, 0.3) is 10.0 Å². The molecule has 0 bridgehead atoms. The number of sulfonamides is 1. The molecule has 0 amide bonds. The zero-order valence-corrected chi connectivity index (χ0v) is 12.9. The molecule has 10 heteroatoms. The Morgan fingerprint density at radius 2 is 1.86 bits per heavy atom. The molecule has 3 N–H and O–H groups in total. The molecule has 2 aromatic rings. The number of hydrogen-bond acceptors (Lipinski definition) is 6. The Labute approximate surface area is 122 Å². The third kappa shape index (κ3) is 3.16. The van der Waals surface area contributed by atoms with Gasteiger partial charge in [-0.25, -0.2) is 16.8 Å². The average molecular weight is 330 g/mol. The number of nitrogens with one attached hydrogen (secondary N) is 1. The lowest BCUT2D eigenvalue weighted by Gasteiger charge is -2.11. The van der Waals surface area contributed by atoms with Crippen LogP contribution in [0.1, 0.15) is 0 Å². The van der Waals surface area contributed by atoms with Crippen LogP contribution >= 0.6 is 0 Å². The van der Waals surface area contributed by atoms with E-state index in [1.165, 1.54) is 29.1 Å². The van der Waals surface area contributed by atoms with Gasteiger partial charge in [-0.3, -0.25) is 9.40 Å². The maximum absolute atomic E-state index is 12.3. The second kappa shape index (κ2) is 5.04. The highest BCUT2D eigenvalue weighted by Gasteiger charge is 2.21. The number of sulfone groups is 1. The van der Waals surface area contributed by atoms with E-state index < -0.39 is 19.9 Å². The SMILES string of the molecule is Cn1nccc1NS(=O)(=O)c1cc(S(C)(=O)=O)ccc1N. The van der Waals surface area contributed by atoms with E-state index in [9.17, 15) is 16.8 Å². The third-order valence-electron chi connectivity index (χ3n) is 2.76. The summed E-state index contributed by atoms with van der Waals surface area (Å²) in [5, 5.41) is 3.84. The van der Waals surface area contributed by atoms with Crippen molar-refractivity contribution in [1.29, 1.82) is 0 Å². The van der Waals surface area contributed by atoms with Crippen molar-refractivity contribution in [3.05, 3.63) is 30.5 Å². The molecule has 114 valence electrons. The molecule has 0 atom stereocenters. The fourth-order valence-electron chi connectivity index (χ4n) is 1.64. The predicted octanol–water partition coefficient (Wildman–Crippen LogP) is 0.207. The first-order chi connectivity index (χ1) is 9.61. The van der Waals surface area contributed by atoms with E-state index in [-0.39, 0.29) is 21.3 Å². The van der Waals surface area contributed by atoms with Crippen molar-refractivity contribution in [2.24, 2.45) is 7.05 Å². The summed E-state index contributed by atoms with van der Waals surface area (Å²) in [7, 11) is -5.99. The second-order valence-electron chi connectivity index (χ2n) is 4.42. The number of aromatic nitrogens is 2. The normalized spacial score (nSPS) is 12.3. The molecule has 1 aromatic carbocycles. The van der Waals surface area contributed by atoms with Crippen LogP contribution in [0, 0.1) is 0 Å². The Kier molecular flexibility index (Phi) is 3.68. The number of anilines is 2. The van der Waals surface area contributed by atoms with E-state index in [0.29, 0.717) is 0 Å². The number of rotatable bonds is 4. The van der Waals surface area contributed by atoms with Crippen LogP contribution in [0.25, 0.3) is 0 Å². The van der Waals surface area contributed by atoms with E-state index >= 15 is 0 Å². The zero-order chi connectivity index (χ0) is 15.8. The predicted molar refractivity (Wildman–Crippen MR) is 78.0 cm³/mol. The first-order valence-electron chi connectivity index (χ1n) is 5.72. The third-order valence-corrected chi connectivity index (χ3v) is 5.28. The molecule has 8 nitrogen and oxygen atoms in total. The summed E-state index contributed by atoms with van der Waals surface area (Å²) in [4.78, 5) is -0.422. The van der Waals surface area contributed by atoms with Crippen LogP contribution < -0.4 is 10.5 Å². The lowest BCUT2D eigenvalue weighted by molar-refractivity contribution is 0.599. The Hall–Kier alpha value is -2.07. The fraction of sp³-hybridized carbons (Fsp3) is 0.182. The van der Waals surface area contributed by atoms with Crippen LogP contribution in [-0.4, -0.2) is 32.9 Å². The molecule has 21 heavy (non-hydrogen) atoms. The van der Waals surface area contributed by atoms with Gasteiger partial charge in [0.15, 0.2) is 9.84 Å². The lowest BCUT2D eigenvalue weighted by Crippen LogP contribution is -2.17. The van der Waals surface area contributed by atoms with Crippen molar-refractivity contribution in [3.8, 4) is 0 Å². The van der Waals surface area contributed by atoms with Crippen LogP contribution in [0.4, 0.5) is 11.5 Å². The first kappa shape index (κ1) is 15.3. The maximum atomic E-state index is 12.3. The van der Waals surface area contributed by atoms with Gasteiger partial charge < -0.3 is 5.73 Å². The van der Waals surface area contributed by atoms with Crippen LogP contribution in [0.5, 0.6) is 0 Å². The van der Waals surface area contributed by atoms with Gasteiger partial charge in [-0.2, -0.15) is 5.10 Å². The second-order valence-corrected chi connectivity index (χ2v) is 8.08. The van der Waals surface area contributed by atoms with Crippen LogP contribution in [0.2, 0.25) is 0 Å². The highest BCUT2D eigenvalue weighted by Crippen LogP contribution is 2.24. The number of nitrogens with zero attached hydrogens (tertiary/aromatic N) is 2. The maximum Gasteiger partial charge on any atom is 0.265 e. The summed E-state index contributed by atoms with van der Waals surface area (Å²) >= 11 is 0. The van der Waals surface area contributed by atoms with Gasteiger partial charge >= 0.3 is 0 Å². The molecule has 1 aromatic heterocycles. The highest BCUT2D eigenvalue weighted by atomic mass is 32.2. The van der Waals surface area contributed by atoms with Crippen molar-refractivity contribution < 1.29 is 16.8 Å². The largest absolute Gasteiger partial charge is 0.398 e. The summed E-state index contributed by atoms with van der Waals surface area (Å²) in [6, 6.07) is 5.00. The molecule has 0 fully saturated rings. The van der Waals surface area contributed by atoms with E-state index in [1.54, 1.807) is 7.05 Å². The lowest BCUT2D eigenvalue weighted by atomic mass is 10.3. The molecule has 0 spiro atoms. The molecule has 0 aliphatic carbocycles. The van der Waals surface area contributed by atoms with Crippen molar-refractivity contribution in [1.82, 2.24) is 9.78 Å². The summed E-state index contributed by atoms with van der Waals surface area (Å²) < 4.78 is 51.3. The summed E-state index contributed by atoms with van der Waals surface area (Å²) in [6.07, 6.45) is 2.41. The monoisotopic (exact) mass is 330 g/mol. The average Bonchev–Trinajstić information content (AvgIpc) is 2.73. The zero-order valence-electron chi connectivity index (χ0n) is 11.3. The van der Waals surface area contributed by atoms with E-state index in [0.717, 1.165) is 12.3 Å². The van der Waals surface area contributed by atoms with Gasteiger partial charge in [0, 0.05) is 19.4 Å². The van der Waals surface area contributed by atoms with Crippen molar-refractivity contribution in [2.75, 3.05) is 16.7 Å². The van der Waals surface area contributed by atoms with Crippen LogP contribution in [-0.2, 0) is 26.9 Å². The molecule has 0 radical (unpaired) electrons. The molecule has 0 saturated heterocycles. The number of nitrogens with two attached hydrogens (primary N) is 1. The minimum Gasteiger partial charge on any atom is -0.398 e. The first-order valence-corrected chi connectivity index (χ1v) is 9.09. The summed E-state index contributed by atoms with van der Waals surface area (Å²) in [5.41, 5.74) is 5.61. The van der Waals surface area contributed by atoms with Gasteiger partial charge in [0.2, 0.25) is 0 Å². The molecular formula is C11H14N4O4S2. The van der Waals surface area contributed by atoms with Gasteiger partial charge in [-0.15, -0.1) is 0 Å². The Balaban J connectivity index is 2.52. The van der Waals surface area contributed by atoms with Gasteiger partial charge in [-0.1, -0.05) is 0 Å². The standard InChI is InChI=1S/C11H14N4O4S2/c1-15-11(5-6-13-15)14-21(18,19)10-7-8(20(2,16)17)3-4-9(10)12/h3-7,14H,12H2,1-2H3. The van der Waals surface area contributed by atoms with Gasteiger partial charge in [-0.05, 0) is 18.2 Å². The van der Waals surface area contributed by atoms with Crippen molar-refractivity contribution in [3.63, 3.8) is 0 Å². The number of aryl methyl sites for hydroxylation is 1. The van der Waals surface area contributed by atoms with Gasteiger partial charge in [0.05, 0.1) is 16.8 Å². The topological polar surface area (TPSA) is 124 Å². The minimum atomic E-state index is -4.02. The Bertz CT molecular complexity index is 885. The van der Waals surface area contributed by atoms with Gasteiger partial charge in [0.1, 0.15) is 10.7 Å². The summed E-state index contributed by atoms with van der Waals surface area (Å²) in [6.45, 7) is 0. The molecule has 1 heterocycles.